The van der Waals surface area contributed by atoms with E-state index in [1.165, 1.54) is 13.0 Å². The molecule has 1 N–H and O–H groups in total. The van der Waals surface area contributed by atoms with E-state index in [1.807, 2.05) is 24.3 Å². The number of carboxylic acids is 1. The molecule has 6 heteroatoms. The van der Waals surface area contributed by atoms with Crippen LogP contribution in [-0.2, 0) is 14.8 Å². The Bertz CT molecular complexity index is 1090. The van der Waals surface area contributed by atoms with Gasteiger partial charge in [-0.25, -0.2) is 13.2 Å². The van der Waals surface area contributed by atoms with Gasteiger partial charge in [0.1, 0.15) is 6.04 Å². The third kappa shape index (κ3) is 4.01. The number of carboxylic acid groups (broad SMARTS) is 1. The van der Waals surface area contributed by atoms with Gasteiger partial charge >= 0.3 is 5.97 Å². The lowest BCUT2D eigenvalue weighted by atomic mass is 10.1. The first kappa shape index (κ1) is 18.7. The average molecular weight is 381 g/mol. The van der Waals surface area contributed by atoms with Crippen LogP contribution in [0.1, 0.15) is 12.5 Å². The maximum absolute atomic E-state index is 13.1. The number of fused-ring (bicyclic) bond motifs is 1. The molecule has 0 unspecified atom stereocenters. The van der Waals surface area contributed by atoms with E-state index < -0.39 is 22.0 Å². The zero-order valence-electron chi connectivity index (χ0n) is 14.7. The Morgan fingerprint density at radius 1 is 0.963 bits per heavy atom. The Balaban J connectivity index is 2.14. The van der Waals surface area contributed by atoms with E-state index in [4.69, 9.17) is 0 Å². The van der Waals surface area contributed by atoms with E-state index in [0.717, 1.165) is 15.1 Å². The number of nitrogens with zero attached hydrogens (tertiary/aromatic N) is 1. The van der Waals surface area contributed by atoms with Gasteiger partial charge in [-0.3, -0.25) is 4.31 Å². The van der Waals surface area contributed by atoms with E-state index >= 15 is 0 Å². The Hall–Kier alpha value is -3.12. The van der Waals surface area contributed by atoms with Gasteiger partial charge in [-0.05, 0) is 30.0 Å². The van der Waals surface area contributed by atoms with E-state index in [9.17, 15) is 18.3 Å². The summed E-state index contributed by atoms with van der Waals surface area (Å²) in [6.45, 7) is 1.36. The molecule has 0 radical (unpaired) electrons. The van der Waals surface area contributed by atoms with Crippen molar-refractivity contribution in [3.05, 3.63) is 83.8 Å². The summed E-state index contributed by atoms with van der Waals surface area (Å²) >= 11 is 0. The highest BCUT2D eigenvalue weighted by molar-refractivity contribution is 7.95. The standard InChI is InChI=1S/C21H19NO4S/c1-16(21(23)24)22(20-13-7-11-18-10-5-6-12-19(18)20)27(25,26)15-14-17-8-3-2-4-9-17/h2-16H,1H3,(H,23,24)/t16-/m0/s1. The first-order valence-corrected chi connectivity index (χ1v) is 9.88. The Kier molecular flexibility index (Phi) is 5.28. The molecule has 0 saturated carbocycles. The summed E-state index contributed by atoms with van der Waals surface area (Å²) in [4.78, 5) is 11.6. The SMILES string of the molecule is C[C@@H](C(=O)O)N(c1cccc2ccccc12)S(=O)(=O)C=Cc1ccccc1. The fourth-order valence-corrected chi connectivity index (χ4v) is 4.29. The number of aliphatic carboxylic acids is 1. The molecule has 0 spiro atoms. The van der Waals surface area contributed by atoms with Crippen molar-refractivity contribution in [2.45, 2.75) is 13.0 Å². The van der Waals surface area contributed by atoms with Crippen molar-refractivity contribution in [1.82, 2.24) is 0 Å². The highest BCUT2D eigenvalue weighted by Gasteiger charge is 2.31. The van der Waals surface area contributed by atoms with Crippen LogP contribution in [0.4, 0.5) is 5.69 Å². The largest absolute Gasteiger partial charge is 0.480 e. The Morgan fingerprint density at radius 2 is 1.59 bits per heavy atom. The molecule has 3 aromatic carbocycles. The molecule has 3 rings (SSSR count). The zero-order valence-corrected chi connectivity index (χ0v) is 15.5. The van der Waals surface area contributed by atoms with Crippen LogP contribution in [0.3, 0.4) is 0 Å². The lowest BCUT2D eigenvalue weighted by molar-refractivity contribution is -0.137. The molecule has 0 fully saturated rings. The number of hydrogen-bond acceptors (Lipinski definition) is 3. The molecule has 5 nitrogen and oxygen atoms in total. The number of carbonyl (C=O) groups is 1. The van der Waals surface area contributed by atoms with Crippen LogP contribution in [0.25, 0.3) is 16.8 Å². The minimum absolute atomic E-state index is 0.334. The van der Waals surface area contributed by atoms with Crippen molar-refractivity contribution in [2.75, 3.05) is 4.31 Å². The van der Waals surface area contributed by atoms with Gasteiger partial charge in [-0.15, -0.1) is 0 Å². The second-order valence-corrected chi connectivity index (χ2v) is 7.76. The smallest absolute Gasteiger partial charge is 0.327 e. The van der Waals surface area contributed by atoms with Gasteiger partial charge in [0.25, 0.3) is 10.0 Å². The zero-order chi connectivity index (χ0) is 19.4. The summed E-state index contributed by atoms with van der Waals surface area (Å²) in [5, 5.41) is 12.1. The summed E-state index contributed by atoms with van der Waals surface area (Å²) in [5.74, 6) is -1.22. The predicted molar refractivity (Wildman–Crippen MR) is 108 cm³/mol. The first-order valence-electron chi connectivity index (χ1n) is 8.38. The van der Waals surface area contributed by atoms with Gasteiger partial charge < -0.3 is 5.11 Å². The minimum Gasteiger partial charge on any atom is -0.480 e. The number of anilines is 1. The molecule has 3 aromatic rings. The lowest BCUT2D eigenvalue weighted by Crippen LogP contribution is -2.42. The average Bonchev–Trinajstić information content (AvgIpc) is 2.67. The minimum atomic E-state index is -4.04. The van der Waals surface area contributed by atoms with Crippen LogP contribution in [0.15, 0.2) is 78.2 Å². The first-order chi connectivity index (χ1) is 12.9. The van der Waals surface area contributed by atoms with Crippen LogP contribution >= 0.6 is 0 Å². The molecule has 0 aliphatic rings. The van der Waals surface area contributed by atoms with Crippen LogP contribution in [0.2, 0.25) is 0 Å². The fraction of sp³-hybridized carbons (Fsp3) is 0.0952. The van der Waals surface area contributed by atoms with Gasteiger partial charge in [0.15, 0.2) is 0 Å². The molecule has 0 bridgehead atoms. The molecule has 0 amide bonds. The summed E-state index contributed by atoms with van der Waals surface area (Å²) in [6, 6.07) is 20.2. The van der Waals surface area contributed by atoms with Gasteiger partial charge in [0.2, 0.25) is 0 Å². The van der Waals surface area contributed by atoms with Crippen molar-refractivity contribution >= 4 is 38.5 Å². The predicted octanol–water partition coefficient (Wildman–Crippen LogP) is 4.12. The third-order valence-electron chi connectivity index (χ3n) is 4.22. The maximum atomic E-state index is 13.1. The molecule has 0 heterocycles. The number of hydrogen-bond donors (Lipinski definition) is 1. The Labute approximate surface area is 158 Å². The molecular formula is C21H19NO4S. The normalized spacial score (nSPS) is 12.9. The van der Waals surface area contributed by atoms with Gasteiger partial charge in [0, 0.05) is 5.39 Å². The van der Waals surface area contributed by atoms with E-state index in [2.05, 4.69) is 0 Å². The monoisotopic (exact) mass is 381 g/mol. The quantitative estimate of drug-likeness (QED) is 0.697. The highest BCUT2D eigenvalue weighted by Crippen LogP contribution is 2.31. The number of sulfonamides is 1. The molecule has 0 aliphatic heterocycles. The third-order valence-corrected chi connectivity index (χ3v) is 5.76. The van der Waals surface area contributed by atoms with Crippen LogP contribution in [0, 0.1) is 0 Å². The molecule has 27 heavy (non-hydrogen) atoms. The number of benzene rings is 3. The molecular weight excluding hydrogens is 362 g/mol. The maximum Gasteiger partial charge on any atom is 0.327 e. The van der Waals surface area contributed by atoms with Crippen LogP contribution < -0.4 is 4.31 Å². The Morgan fingerprint density at radius 3 is 2.30 bits per heavy atom. The molecule has 0 saturated heterocycles. The van der Waals surface area contributed by atoms with Crippen LogP contribution in [0.5, 0.6) is 0 Å². The summed E-state index contributed by atoms with van der Waals surface area (Å²) < 4.78 is 27.1. The van der Waals surface area contributed by atoms with Crippen molar-refractivity contribution in [2.24, 2.45) is 0 Å². The number of rotatable bonds is 6. The summed E-state index contributed by atoms with van der Waals surface area (Å²) in [5.41, 5.74) is 1.04. The highest BCUT2D eigenvalue weighted by atomic mass is 32.2. The summed E-state index contributed by atoms with van der Waals surface area (Å²) in [7, 11) is -4.04. The second kappa shape index (κ2) is 7.63. The van der Waals surface area contributed by atoms with Gasteiger partial charge in [0.05, 0.1) is 11.1 Å². The summed E-state index contributed by atoms with van der Waals surface area (Å²) in [6.07, 6.45) is 1.46. The fourth-order valence-electron chi connectivity index (χ4n) is 2.86. The molecule has 138 valence electrons. The topological polar surface area (TPSA) is 74.7 Å². The van der Waals surface area contributed by atoms with Gasteiger partial charge in [-0.2, -0.15) is 0 Å². The van der Waals surface area contributed by atoms with Crippen molar-refractivity contribution in [3.63, 3.8) is 0 Å². The lowest BCUT2D eigenvalue weighted by Gasteiger charge is -2.27. The second-order valence-electron chi connectivity index (χ2n) is 6.07. The van der Waals surface area contributed by atoms with E-state index in [-0.39, 0.29) is 0 Å². The van der Waals surface area contributed by atoms with Gasteiger partial charge in [-0.1, -0.05) is 66.7 Å². The van der Waals surface area contributed by atoms with Crippen LogP contribution in [-0.4, -0.2) is 25.5 Å². The van der Waals surface area contributed by atoms with Crippen molar-refractivity contribution < 1.29 is 18.3 Å². The van der Waals surface area contributed by atoms with E-state index in [1.54, 1.807) is 48.5 Å². The molecule has 1 atom stereocenters. The van der Waals surface area contributed by atoms with Crippen molar-refractivity contribution in [1.29, 1.82) is 0 Å². The molecule has 0 aromatic heterocycles. The van der Waals surface area contributed by atoms with Crippen molar-refractivity contribution in [3.8, 4) is 0 Å². The van der Waals surface area contributed by atoms with E-state index in [0.29, 0.717) is 16.6 Å². The molecule has 0 aliphatic carbocycles.